The number of ether oxygens (including phenoxy) is 2. The number of aryl methyl sites for hydroxylation is 3. The number of rotatable bonds is 3. The second-order valence-electron chi connectivity index (χ2n) is 15.6. The molecule has 48 heavy (non-hydrogen) atoms. The third kappa shape index (κ3) is 3.52. The van der Waals surface area contributed by atoms with Crippen LogP contribution in [0.5, 0.6) is 11.5 Å². The van der Waals surface area contributed by atoms with E-state index in [1.165, 1.54) is 44.1 Å². The van der Waals surface area contributed by atoms with Crippen molar-refractivity contribution < 1.29 is 9.47 Å². The lowest BCUT2D eigenvalue weighted by Gasteiger charge is -2.41. The predicted molar refractivity (Wildman–Crippen MR) is 194 cm³/mol. The Morgan fingerprint density at radius 3 is 2.23 bits per heavy atom. The van der Waals surface area contributed by atoms with Gasteiger partial charge in [0.05, 0.1) is 11.0 Å². The summed E-state index contributed by atoms with van der Waals surface area (Å²) in [5, 5.41) is 2.47. The number of fused-ring (bicyclic) bond motifs is 8. The van der Waals surface area contributed by atoms with Gasteiger partial charge in [0, 0.05) is 45.0 Å². The normalized spacial score (nSPS) is 22.6. The Kier molecular flexibility index (Phi) is 5.58. The highest BCUT2D eigenvalue weighted by Crippen LogP contribution is 2.61. The maximum Gasteiger partial charge on any atom is 0.217 e. The van der Waals surface area contributed by atoms with Crippen molar-refractivity contribution in [2.24, 2.45) is 4.99 Å². The minimum Gasteiger partial charge on any atom is -0.467 e. The molecule has 1 aliphatic carbocycles. The second-order valence-corrected chi connectivity index (χ2v) is 15.6. The molecule has 0 radical (unpaired) electrons. The Bertz CT molecular complexity index is 2430. The highest BCUT2D eigenvalue weighted by Gasteiger charge is 2.67. The van der Waals surface area contributed by atoms with Crippen molar-refractivity contribution in [2.45, 2.75) is 84.3 Å². The summed E-state index contributed by atoms with van der Waals surface area (Å²) in [5.74, 6) is 3.23. The van der Waals surface area contributed by atoms with E-state index in [4.69, 9.17) is 19.5 Å². The fraction of sp³-hybridized carbons (Fsp3) is 0.302. The molecule has 2 aromatic heterocycles. The summed E-state index contributed by atoms with van der Waals surface area (Å²) in [7, 11) is 0. The van der Waals surface area contributed by atoms with Crippen molar-refractivity contribution in [1.29, 1.82) is 0 Å². The summed E-state index contributed by atoms with van der Waals surface area (Å²) in [4.78, 5) is 10.3. The van der Waals surface area contributed by atoms with E-state index in [0.29, 0.717) is 5.90 Å². The minimum absolute atomic E-state index is 0.167. The van der Waals surface area contributed by atoms with Crippen molar-refractivity contribution in [3.05, 3.63) is 130 Å². The molecule has 0 amide bonds. The van der Waals surface area contributed by atoms with Crippen molar-refractivity contribution in [3.63, 3.8) is 0 Å². The van der Waals surface area contributed by atoms with E-state index in [2.05, 4.69) is 140 Å². The van der Waals surface area contributed by atoms with Crippen LogP contribution in [0.1, 0.15) is 86.1 Å². The second kappa shape index (κ2) is 9.16. The van der Waals surface area contributed by atoms with Gasteiger partial charge in [0.1, 0.15) is 28.5 Å². The quantitative estimate of drug-likeness (QED) is 0.195. The first kappa shape index (κ1) is 29.3. The Morgan fingerprint density at radius 2 is 1.44 bits per heavy atom. The summed E-state index contributed by atoms with van der Waals surface area (Å²) >= 11 is 0. The van der Waals surface area contributed by atoms with Gasteiger partial charge in [-0.25, -0.2) is 9.98 Å². The molecule has 0 saturated heterocycles. The van der Waals surface area contributed by atoms with E-state index < -0.39 is 11.1 Å². The molecule has 9 rings (SSSR count). The minimum atomic E-state index is -0.528. The maximum atomic E-state index is 6.93. The third-order valence-corrected chi connectivity index (χ3v) is 12.0. The lowest BCUT2D eigenvalue weighted by molar-refractivity contribution is -0.0136. The van der Waals surface area contributed by atoms with Crippen molar-refractivity contribution in [1.82, 2.24) is 9.55 Å². The highest BCUT2D eigenvalue weighted by atomic mass is 16.5. The molecule has 5 heteroatoms. The molecule has 5 nitrogen and oxygen atoms in total. The number of nitrogens with zero attached hydrogens (tertiary/aromatic N) is 3. The van der Waals surface area contributed by atoms with Crippen LogP contribution in [0.15, 0.2) is 90.1 Å². The number of pyridine rings is 1. The van der Waals surface area contributed by atoms with Crippen LogP contribution >= 0.6 is 0 Å². The zero-order valence-electron chi connectivity index (χ0n) is 29.2. The molecular formula is C43H41N3O2. The summed E-state index contributed by atoms with van der Waals surface area (Å²) in [6.07, 6.45) is 1.90. The van der Waals surface area contributed by atoms with Crippen LogP contribution in [0.3, 0.4) is 0 Å². The lowest BCUT2D eigenvalue weighted by atomic mass is 9.71. The van der Waals surface area contributed by atoms with Crippen LogP contribution in [-0.4, -0.2) is 21.0 Å². The predicted octanol–water partition coefficient (Wildman–Crippen LogP) is 10.3. The molecule has 0 spiro atoms. The van der Waals surface area contributed by atoms with Crippen LogP contribution in [0.2, 0.25) is 0 Å². The first-order valence-electron chi connectivity index (χ1n) is 17.0. The third-order valence-electron chi connectivity index (χ3n) is 12.0. The molecule has 240 valence electrons. The fourth-order valence-corrected chi connectivity index (χ4v) is 9.01. The molecule has 0 bridgehead atoms. The van der Waals surface area contributed by atoms with Gasteiger partial charge in [0.15, 0.2) is 0 Å². The Balaban J connectivity index is 1.17. The molecule has 0 saturated carbocycles. The molecule has 0 N–H and O–H groups in total. The van der Waals surface area contributed by atoms with Gasteiger partial charge >= 0.3 is 0 Å². The van der Waals surface area contributed by atoms with E-state index in [1.807, 2.05) is 12.3 Å². The summed E-state index contributed by atoms with van der Waals surface area (Å²) < 4.78 is 16.1. The molecule has 6 aromatic rings. The molecule has 2 aliphatic heterocycles. The zero-order valence-corrected chi connectivity index (χ0v) is 29.2. The van der Waals surface area contributed by atoms with Gasteiger partial charge in [-0.3, -0.25) is 4.57 Å². The smallest absolute Gasteiger partial charge is 0.217 e. The van der Waals surface area contributed by atoms with Crippen LogP contribution in [0, 0.1) is 20.8 Å². The molecule has 0 fully saturated rings. The maximum absolute atomic E-state index is 6.93. The largest absolute Gasteiger partial charge is 0.467 e. The first-order valence-corrected chi connectivity index (χ1v) is 17.0. The SMILES string of the molecule is Cc1cc(Oc2cc3c(cc2C)c2cc(C)cc4c2n3-c2ncccc2C4(C)C)cc(C2=N[C@]3(C)c4ccccc4C(C)(C)[C@]3(C)O2)c1. The van der Waals surface area contributed by atoms with E-state index in [0.717, 1.165) is 39.5 Å². The highest BCUT2D eigenvalue weighted by molar-refractivity contribution is 6.12. The van der Waals surface area contributed by atoms with Gasteiger partial charge in [0.2, 0.25) is 5.90 Å². The van der Waals surface area contributed by atoms with Gasteiger partial charge in [-0.15, -0.1) is 0 Å². The number of benzene rings is 4. The van der Waals surface area contributed by atoms with Crippen molar-refractivity contribution in [2.75, 3.05) is 0 Å². The fourth-order valence-electron chi connectivity index (χ4n) is 9.01. The van der Waals surface area contributed by atoms with Crippen LogP contribution < -0.4 is 4.74 Å². The van der Waals surface area contributed by atoms with Crippen molar-refractivity contribution >= 4 is 27.7 Å². The molecule has 4 heterocycles. The van der Waals surface area contributed by atoms with Gasteiger partial charge in [0.25, 0.3) is 0 Å². The average Bonchev–Trinajstić information content (AvgIpc) is 3.55. The molecule has 4 aromatic carbocycles. The number of aromatic nitrogens is 2. The van der Waals surface area contributed by atoms with E-state index in [1.54, 1.807) is 0 Å². The van der Waals surface area contributed by atoms with Gasteiger partial charge in [-0.2, -0.15) is 0 Å². The summed E-state index contributed by atoms with van der Waals surface area (Å²) in [5.41, 5.74) is 10.4. The Labute approximate surface area is 282 Å². The van der Waals surface area contributed by atoms with E-state index >= 15 is 0 Å². The van der Waals surface area contributed by atoms with E-state index in [9.17, 15) is 0 Å². The number of aliphatic imine (C=N–C) groups is 1. The molecule has 0 unspecified atom stereocenters. The zero-order chi connectivity index (χ0) is 33.5. The first-order chi connectivity index (χ1) is 22.7. The number of hydrogen-bond acceptors (Lipinski definition) is 4. The van der Waals surface area contributed by atoms with Gasteiger partial charge in [-0.05, 0) is 98.8 Å². The Hall–Kier alpha value is -4.90. The van der Waals surface area contributed by atoms with Gasteiger partial charge < -0.3 is 9.47 Å². The molecule has 2 atom stereocenters. The Morgan fingerprint density at radius 1 is 0.708 bits per heavy atom. The van der Waals surface area contributed by atoms with Crippen LogP contribution in [-0.2, 0) is 21.1 Å². The molecule has 3 aliphatic rings. The monoisotopic (exact) mass is 631 g/mol. The van der Waals surface area contributed by atoms with Crippen LogP contribution in [0.25, 0.3) is 27.6 Å². The van der Waals surface area contributed by atoms with Crippen LogP contribution in [0.4, 0.5) is 0 Å². The average molecular weight is 632 g/mol. The van der Waals surface area contributed by atoms with Crippen molar-refractivity contribution in [3.8, 4) is 17.3 Å². The molecular weight excluding hydrogens is 590 g/mol. The summed E-state index contributed by atoms with van der Waals surface area (Å²) in [6.45, 7) is 20.0. The topological polar surface area (TPSA) is 48.6 Å². The number of hydrogen-bond donors (Lipinski definition) is 0. The van der Waals surface area contributed by atoms with E-state index in [-0.39, 0.29) is 10.8 Å². The lowest BCUT2D eigenvalue weighted by Crippen LogP contribution is -2.51. The van der Waals surface area contributed by atoms with Gasteiger partial charge in [-0.1, -0.05) is 69.7 Å². The standard InChI is InChI=1S/C43H41N3O2/c1-24-17-27(39-45-42(8)32-14-11-10-13-31(32)41(6,7)43(42,9)48-39)22-28(18-24)47-36-23-35-29(21-26(36)3)30-19-25(2)20-34-37(30)46(35)38-33(40(34,4)5)15-12-16-44-38/h10-23H,1-9H3/t42-,43+/m1/s1. The summed E-state index contributed by atoms with van der Waals surface area (Å²) in [6, 6.07) is 28.3.